The molecule has 0 bridgehead atoms. The number of hydrogen-bond donors (Lipinski definition) is 1. The van der Waals surface area contributed by atoms with E-state index in [1.807, 2.05) is 0 Å². The van der Waals surface area contributed by atoms with Crippen LogP contribution >= 0.6 is 0 Å². The van der Waals surface area contributed by atoms with E-state index in [1.165, 1.54) is 25.3 Å². The van der Waals surface area contributed by atoms with Crippen LogP contribution in [0.15, 0.2) is 42.5 Å². The molecule has 0 atom stereocenters. The smallest absolute Gasteiger partial charge is 0.270 e. The first kappa shape index (κ1) is 11.9. The van der Waals surface area contributed by atoms with Crippen molar-refractivity contribution >= 4 is 5.69 Å². The zero-order valence-electron chi connectivity index (χ0n) is 9.66. The van der Waals surface area contributed by atoms with Gasteiger partial charge >= 0.3 is 0 Å². The van der Waals surface area contributed by atoms with Crippen molar-refractivity contribution in [1.29, 1.82) is 0 Å². The van der Waals surface area contributed by atoms with Crippen LogP contribution in [0.5, 0.6) is 11.5 Å². The summed E-state index contributed by atoms with van der Waals surface area (Å²) in [5.41, 5.74) is 0.913. The molecule has 0 heterocycles. The van der Waals surface area contributed by atoms with Gasteiger partial charge in [-0.1, -0.05) is 18.2 Å². The predicted octanol–water partition coefficient (Wildman–Crippen LogP) is 2.98. The third-order valence-corrected chi connectivity index (χ3v) is 2.59. The third-order valence-electron chi connectivity index (χ3n) is 2.59. The number of nitrogens with zero attached hydrogens (tertiary/aromatic N) is 1. The predicted molar refractivity (Wildman–Crippen MR) is 66.7 cm³/mol. The van der Waals surface area contributed by atoms with Crippen molar-refractivity contribution in [3.8, 4) is 22.6 Å². The molecule has 1 N–H and O–H groups in total. The van der Waals surface area contributed by atoms with E-state index in [0.717, 1.165) is 0 Å². The molecule has 0 unspecified atom stereocenters. The molecule has 0 amide bonds. The molecule has 5 nitrogen and oxygen atoms in total. The summed E-state index contributed by atoms with van der Waals surface area (Å²) in [6, 6.07) is 10.9. The minimum Gasteiger partial charge on any atom is -0.507 e. The van der Waals surface area contributed by atoms with Gasteiger partial charge in [0.15, 0.2) is 0 Å². The first-order chi connectivity index (χ1) is 8.63. The number of benzene rings is 2. The Balaban J connectivity index is 2.62. The standard InChI is InChI=1S/C13H11NO4/c1-18-13-5-3-2-4-10(13)11-8-9(14(16)17)6-7-12(11)15/h2-8,15H,1H3. The van der Waals surface area contributed by atoms with Gasteiger partial charge < -0.3 is 9.84 Å². The lowest BCUT2D eigenvalue weighted by molar-refractivity contribution is -0.384. The minimum absolute atomic E-state index is 0.0231. The van der Waals surface area contributed by atoms with Gasteiger partial charge in [-0.25, -0.2) is 0 Å². The van der Waals surface area contributed by atoms with Crippen LogP contribution in [0.2, 0.25) is 0 Å². The van der Waals surface area contributed by atoms with Crippen molar-refractivity contribution < 1.29 is 14.8 Å². The van der Waals surface area contributed by atoms with Crippen molar-refractivity contribution in [2.75, 3.05) is 7.11 Å². The fourth-order valence-corrected chi connectivity index (χ4v) is 1.72. The topological polar surface area (TPSA) is 72.6 Å². The highest BCUT2D eigenvalue weighted by Gasteiger charge is 2.14. The van der Waals surface area contributed by atoms with E-state index in [1.54, 1.807) is 24.3 Å². The lowest BCUT2D eigenvalue weighted by Crippen LogP contribution is -1.91. The van der Waals surface area contributed by atoms with E-state index in [-0.39, 0.29) is 11.4 Å². The molecule has 0 radical (unpaired) electrons. The molecule has 0 aliphatic heterocycles. The molecule has 18 heavy (non-hydrogen) atoms. The number of hydrogen-bond acceptors (Lipinski definition) is 4. The van der Waals surface area contributed by atoms with Crippen LogP contribution in [-0.4, -0.2) is 17.1 Å². The first-order valence-electron chi connectivity index (χ1n) is 5.24. The minimum atomic E-state index is -0.502. The van der Waals surface area contributed by atoms with E-state index < -0.39 is 4.92 Å². The Labute approximate surface area is 103 Å². The van der Waals surface area contributed by atoms with E-state index in [2.05, 4.69) is 0 Å². The average molecular weight is 245 g/mol. The molecule has 0 fully saturated rings. The van der Waals surface area contributed by atoms with E-state index in [0.29, 0.717) is 16.9 Å². The summed E-state index contributed by atoms with van der Waals surface area (Å²) < 4.78 is 5.17. The molecule has 2 aromatic rings. The summed E-state index contributed by atoms with van der Waals surface area (Å²) in [4.78, 5) is 10.2. The van der Waals surface area contributed by atoms with Crippen LogP contribution in [0.25, 0.3) is 11.1 Å². The summed E-state index contributed by atoms with van der Waals surface area (Å²) in [5, 5.41) is 20.6. The van der Waals surface area contributed by atoms with Gasteiger partial charge in [-0.3, -0.25) is 10.1 Å². The number of phenolic OH excluding ortho intramolecular Hbond substituents is 1. The van der Waals surface area contributed by atoms with Gasteiger partial charge in [-0.05, 0) is 12.1 Å². The molecule has 0 aromatic heterocycles. The van der Waals surface area contributed by atoms with Gasteiger partial charge in [0.05, 0.1) is 12.0 Å². The van der Waals surface area contributed by atoms with Gasteiger partial charge in [-0.15, -0.1) is 0 Å². The zero-order chi connectivity index (χ0) is 13.1. The van der Waals surface area contributed by atoms with Crippen LogP contribution in [0.4, 0.5) is 5.69 Å². The highest BCUT2D eigenvalue weighted by atomic mass is 16.6. The number of nitro groups is 1. The number of para-hydroxylation sites is 1. The summed E-state index contributed by atoms with van der Waals surface area (Å²) >= 11 is 0. The van der Waals surface area contributed by atoms with Crippen molar-refractivity contribution in [3.63, 3.8) is 0 Å². The number of ether oxygens (including phenoxy) is 1. The van der Waals surface area contributed by atoms with Gasteiger partial charge in [-0.2, -0.15) is 0 Å². The second-order valence-corrected chi connectivity index (χ2v) is 3.66. The summed E-state index contributed by atoms with van der Waals surface area (Å²) in [7, 11) is 1.51. The molecule has 2 rings (SSSR count). The number of nitro benzene ring substituents is 1. The molecule has 0 saturated heterocycles. The maximum absolute atomic E-state index is 10.7. The highest BCUT2D eigenvalue weighted by Crippen LogP contribution is 2.37. The summed E-state index contributed by atoms with van der Waals surface area (Å²) in [6.07, 6.45) is 0. The monoisotopic (exact) mass is 245 g/mol. The Morgan fingerprint density at radius 2 is 1.89 bits per heavy atom. The molecule has 2 aromatic carbocycles. The quantitative estimate of drug-likeness (QED) is 0.666. The average Bonchev–Trinajstić information content (AvgIpc) is 2.39. The lowest BCUT2D eigenvalue weighted by Gasteiger charge is -2.09. The normalized spacial score (nSPS) is 10.1. The molecular formula is C13H11NO4. The summed E-state index contributed by atoms with van der Waals surface area (Å²) in [5.74, 6) is 0.526. The fourth-order valence-electron chi connectivity index (χ4n) is 1.72. The highest BCUT2D eigenvalue weighted by molar-refractivity contribution is 5.77. The maximum atomic E-state index is 10.7. The Bertz CT molecular complexity index is 595. The van der Waals surface area contributed by atoms with Crippen molar-refractivity contribution in [1.82, 2.24) is 0 Å². The van der Waals surface area contributed by atoms with Gasteiger partial charge in [0.25, 0.3) is 5.69 Å². The Hall–Kier alpha value is -2.56. The fraction of sp³-hybridized carbons (Fsp3) is 0.0769. The number of methoxy groups -OCH3 is 1. The second kappa shape index (κ2) is 4.75. The van der Waals surface area contributed by atoms with Crippen molar-refractivity contribution in [2.45, 2.75) is 0 Å². The number of rotatable bonds is 3. The largest absolute Gasteiger partial charge is 0.507 e. The van der Waals surface area contributed by atoms with E-state index >= 15 is 0 Å². The van der Waals surface area contributed by atoms with Crippen LogP contribution in [0.3, 0.4) is 0 Å². The van der Waals surface area contributed by atoms with Gasteiger partial charge in [0, 0.05) is 23.3 Å². The molecule has 0 spiro atoms. The Morgan fingerprint density at radius 3 is 2.56 bits per heavy atom. The van der Waals surface area contributed by atoms with Crippen molar-refractivity contribution in [2.24, 2.45) is 0 Å². The van der Waals surface area contributed by atoms with Crippen LogP contribution in [-0.2, 0) is 0 Å². The van der Waals surface area contributed by atoms with Crippen molar-refractivity contribution in [3.05, 3.63) is 52.6 Å². The Morgan fingerprint density at radius 1 is 1.17 bits per heavy atom. The van der Waals surface area contributed by atoms with Crippen LogP contribution in [0.1, 0.15) is 0 Å². The molecule has 5 heteroatoms. The third kappa shape index (κ3) is 2.10. The Kier molecular flexibility index (Phi) is 3.14. The van der Waals surface area contributed by atoms with E-state index in [4.69, 9.17) is 4.74 Å². The van der Waals surface area contributed by atoms with Crippen LogP contribution in [0, 0.1) is 10.1 Å². The number of phenols is 1. The van der Waals surface area contributed by atoms with E-state index in [9.17, 15) is 15.2 Å². The lowest BCUT2D eigenvalue weighted by atomic mass is 10.0. The summed E-state index contributed by atoms with van der Waals surface area (Å²) in [6.45, 7) is 0. The zero-order valence-corrected chi connectivity index (χ0v) is 9.66. The molecule has 0 aliphatic carbocycles. The molecule has 0 saturated carbocycles. The first-order valence-corrected chi connectivity index (χ1v) is 5.24. The molecule has 0 aliphatic rings. The molecule has 92 valence electrons. The molecular weight excluding hydrogens is 234 g/mol. The van der Waals surface area contributed by atoms with Gasteiger partial charge in [0.1, 0.15) is 11.5 Å². The number of aromatic hydroxyl groups is 1. The van der Waals surface area contributed by atoms with Crippen LogP contribution < -0.4 is 4.74 Å². The van der Waals surface area contributed by atoms with Gasteiger partial charge in [0.2, 0.25) is 0 Å². The number of non-ortho nitro benzene ring substituents is 1. The maximum Gasteiger partial charge on any atom is 0.270 e. The second-order valence-electron chi connectivity index (χ2n) is 3.66. The SMILES string of the molecule is COc1ccccc1-c1cc([N+](=O)[O-])ccc1O.